The topological polar surface area (TPSA) is 84.2 Å². The van der Waals surface area contributed by atoms with Crippen LogP contribution in [0.2, 0.25) is 0 Å². The van der Waals surface area contributed by atoms with Gasteiger partial charge in [0.1, 0.15) is 5.69 Å². The molecule has 1 unspecified atom stereocenters. The third-order valence-corrected chi connectivity index (χ3v) is 3.13. The van der Waals surface area contributed by atoms with Crippen LogP contribution in [0.1, 0.15) is 37.0 Å². The van der Waals surface area contributed by atoms with Crippen LogP contribution in [-0.4, -0.2) is 33.3 Å². The molecule has 1 heterocycles. The Bertz CT molecular complexity index is 466. The quantitative estimate of drug-likeness (QED) is 0.807. The van der Waals surface area contributed by atoms with Gasteiger partial charge in [-0.2, -0.15) is 5.10 Å². The molecule has 0 spiro atoms. The molecule has 0 bridgehead atoms. The van der Waals surface area contributed by atoms with E-state index < -0.39 is 11.9 Å². The smallest absolute Gasteiger partial charge is 0.308 e. The number of carboxylic acids is 1. The van der Waals surface area contributed by atoms with Crippen LogP contribution in [-0.2, 0) is 18.3 Å². The van der Waals surface area contributed by atoms with Gasteiger partial charge >= 0.3 is 5.97 Å². The first kappa shape index (κ1) is 15.2. The van der Waals surface area contributed by atoms with Crippen molar-refractivity contribution in [3.63, 3.8) is 0 Å². The summed E-state index contributed by atoms with van der Waals surface area (Å²) in [6.45, 7) is 5.73. The van der Waals surface area contributed by atoms with Gasteiger partial charge in [-0.3, -0.25) is 14.3 Å². The van der Waals surface area contributed by atoms with Crippen molar-refractivity contribution in [2.75, 3.05) is 6.54 Å². The van der Waals surface area contributed by atoms with E-state index in [1.54, 1.807) is 13.1 Å². The highest BCUT2D eigenvalue weighted by Gasteiger charge is 2.23. The molecule has 0 aliphatic rings. The molecule has 0 fully saturated rings. The molecule has 19 heavy (non-hydrogen) atoms. The van der Waals surface area contributed by atoms with Crippen LogP contribution in [0.25, 0.3) is 0 Å². The predicted molar refractivity (Wildman–Crippen MR) is 70.9 cm³/mol. The van der Waals surface area contributed by atoms with Crippen molar-refractivity contribution >= 4 is 11.9 Å². The normalized spacial score (nSPS) is 12.5. The molecule has 1 aromatic rings. The Morgan fingerprint density at radius 2 is 2.11 bits per heavy atom. The molecule has 0 aliphatic carbocycles. The van der Waals surface area contributed by atoms with Gasteiger partial charge < -0.3 is 10.4 Å². The fourth-order valence-electron chi connectivity index (χ4n) is 1.81. The molecule has 2 N–H and O–H groups in total. The van der Waals surface area contributed by atoms with E-state index in [4.69, 9.17) is 5.11 Å². The first-order valence-electron chi connectivity index (χ1n) is 6.40. The maximum atomic E-state index is 12.0. The molecular formula is C13H21N3O3. The zero-order valence-corrected chi connectivity index (χ0v) is 11.8. The van der Waals surface area contributed by atoms with Crippen molar-refractivity contribution in [1.82, 2.24) is 15.1 Å². The average Bonchev–Trinajstić information content (AvgIpc) is 2.69. The van der Waals surface area contributed by atoms with Gasteiger partial charge in [-0.15, -0.1) is 0 Å². The predicted octanol–water partition coefficient (Wildman–Crippen LogP) is 1.07. The van der Waals surface area contributed by atoms with Gasteiger partial charge in [-0.25, -0.2) is 0 Å². The lowest BCUT2D eigenvalue weighted by molar-refractivity contribution is -0.142. The zero-order valence-electron chi connectivity index (χ0n) is 11.8. The lowest BCUT2D eigenvalue weighted by Gasteiger charge is -2.16. The van der Waals surface area contributed by atoms with Crippen molar-refractivity contribution in [1.29, 1.82) is 0 Å². The Hall–Kier alpha value is -1.85. The molecule has 0 saturated heterocycles. The summed E-state index contributed by atoms with van der Waals surface area (Å²) in [7, 11) is 1.70. The summed E-state index contributed by atoms with van der Waals surface area (Å²) in [5, 5.41) is 15.9. The van der Waals surface area contributed by atoms with E-state index in [-0.39, 0.29) is 18.4 Å². The SMILES string of the molecule is CCc1cc(C(=O)NCC(C(=O)O)C(C)C)n(C)n1. The van der Waals surface area contributed by atoms with E-state index in [0.717, 1.165) is 12.1 Å². The van der Waals surface area contributed by atoms with E-state index in [0.29, 0.717) is 5.69 Å². The number of amides is 1. The van der Waals surface area contributed by atoms with Gasteiger partial charge in [-0.1, -0.05) is 20.8 Å². The summed E-state index contributed by atoms with van der Waals surface area (Å²) >= 11 is 0. The van der Waals surface area contributed by atoms with Crippen molar-refractivity contribution < 1.29 is 14.7 Å². The second-order valence-electron chi connectivity index (χ2n) is 4.90. The number of hydrogen-bond acceptors (Lipinski definition) is 3. The van der Waals surface area contributed by atoms with Gasteiger partial charge in [0.2, 0.25) is 0 Å². The Morgan fingerprint density at radius 3 is 2.53 bits per heavy atom. The monoisotopic (exact) mass is 267 g/mol. The number of carbonyl (C=O) groups excluding carboxylic acids is 1. The molecule has 0 aromatic carbocycles. The van der Waals surface area contributed by atoms with Gasteiger partial charge in [0.15, 0.2) is 0 Å². The van der Waals surface area contributed by atoms with Crippen LogP contribution in [0, 0.1) is 11.8 Å². The summed E-state index contributed by atoms with van der Waals surface area (Å²) in [6, 6.07) is 1.72. The minimum atomic E-state index is -0.894. The summed E-state index contributed by atoms with van der Waals surface area (Å²) in [5.41, 5.74) is 1.29. The minimum Gasteiger partial charge on any atom is -0.481 e. The second kappa shape index (κ2) is 6.36. The molecule has 1 rings (SSSR count). The third-order valence-electron chi connectivity index (χ3n) is 3.13. The Balaban J connectivity index is 2.69. The van der Waals surface area contributed by atoms with Crippen LogP contribution in [0.5, 0.6) is 0 Å². The number of aromatic nitrogens is 2. The summed E-state index contributed by atoms with van der Waals surface area (Å²) in [5.74, 6) is -1.80. The van der Waals surface area contributed by atoms with Crippen LogP contribution in [0.15, 0.2) is 6.07 Å². The standard InChI is InChI=1S/C13H21N3O3/c1-5-9-6-11(16(4)15-9)12(17)14-7-10(8(2)3)13(18)19/h6,8,10H,5,7H2,1-4H3,(H,14,17)(H,18,19). The molecule has 0 aliphatic heterocycles. The van der Waals surface area contributed by atoms with Gasteiger partial charge in [0.25, 0.3) is 5.91 Å². The molecule has 0 radical (unpaired) electrons. The first-order chi connectivity index (χ1) is 8.86. The average molecular weight is 267 g/mol. The highest BCUT2D eigenvalue weighted by Crippen LogP contribution is 2.10. The Labute approximate surface area is 112 Å². The summed E-state index contributed by atoms with van der Waals surface area (Å²) in [6.07, 6.45) is 0.755. The van der Waals surface area contributed by atoms with Gasteiger partial charge in [-0.05, 0) is 18.4 Å². The van der Waals surface area contributed by atoms with E-state index in [2.05, 4.69) is 10.4 Å². The number of hydrogen-bond donors (Lipinski definition) is 2. The van der Waals surface area contributed by atoms with Crippen molar-refractivity contribution in [2.45, 2.75) is 27.2 Å². The second-order valence-corrected chi connectivity index (χ2v) is 4.90. The van der Waals surface area contributed by atoms with Crippen molar-refractivity contribution in [3.05, 3.63) is 17.5 Å². The van der Waals surface area contributed by atoms with Gasteiger partial charge in [0.05, 0.1) is 11.6 Å². The number of nitrogens with one attached hydrogen (secondary N) is 1. The lowest BCUT2D eigenvalue weighted by atomic mass is 9.96. The summed E-state index contributed by atoms with van der Waals surface area (Å²) < 4.78 is 1.51. The Morgan fingerprint density at radius 1 is 1.47 bits per heavy atom. The number of aliphatic carboxylic acids is 1. The molecule has 1 amide bonds. The molecule has 6 nitrogen and oxygen atoms in total. The highest BCUT2D eigenvalue weighted by molar-refractivity contribution is 5.92. The van der Waals surface area contributed by atoms with Crippen LogP contribution >= 0.6 is 0 Å². The van der Waals surface area contributed by atoms with E-state index in [1.165, 1.54) is 4.68 Å². The minimum absolute atomic E-state index is 0.0319. The van der Waals surface area contributed by atoms with Crippen LogP contribution < -0.4 is 5.32 Å². The van der Waals surface area contributed by atoms with Crippen molar-refractivity contribution in [2.24, 2.45) is 18.9 Å². The molecule has 0 saturated carbocycles. The third kappa shape index (κ3) is 3.81. The number of carboxylic acid groups (broad SMARTS) is 1. The maximum absolute atomic E-state index is 12.0. The molecular weight excluding hydrogens is 246 g/mol. The number of nitrogens with zero attached hydrogens (tertiary/aromatic N) is 2. The first-order valence-corrected chi connectivity index (χ1v) is 6.40. The summed E-state index contributed by atoms with van der Waals surface area (Å²) in [4.78, 5) is 23.0. The molecule has 1 atom stereocenters. The number of carbonyl (C=O) groups is 2. The van der Waals surface area contributed by atoms with E-state index >= 15 is 0 Å². The van der Waals surface area contributed by atoms with E-state index in [9.17, 15) is 9.59 Å². The fraction of sp³-hybridized carbons (Fsp3) is 0.615. The Kier molecular flexibility index (Phi) is 5.09. The fourth-order valence-corrected chi connectivity index (χ4v) is 1.81. The molecule has 1 aromatic heterocycles. The van der Waals surface area contributed by atoms with Gasteiger partial charge in [0, 0.05) is 13.6 Å². The van der Waals surface area contributed by atoms with E-state index in [1.807, 2.05) is 20.8 Å². The lowest BCUT2D eigenvalue weighted by Crippen LogP contribution is -2.36. The molecule has 106 valence electrons. The highest BCUT2D eigenvalue weighted by atomic mass is 16.4. The number of rotatable bonds is 6. The van der Waals surface area contributed by atoms with Crippen LogP contribution in [0.3, 0.4) is 0 Å². The van der Waals surface area contributed by atoms with Crippen LogP contribution in [0.4, 0.5) is 0 Å². The maximum Gasteiger partial charge on any atom is 0.308 e. The molecule has 6 heteroatoms. The zero-order chi connectivity index (χ0) is 14.6. The van der Waals surface area contributed by atoms with Crippen molar-refractivity contribution in [3.8, 4) is 0 Å². The number of aryl methyl sites for hydroxylation is 2. The largest absolute Gasteiger partial charge is 0.481 e.